The molecule has 0 N–H and O–H groups in total. The molecule has 9 nitrogen and oxygen atoms in total. The maximum Gasteiger partial charge on any atom is 0.338 e. The normalized spacial score (nSPS) is 14.1. The molecule has 1 amide bonds. The first kappa shape index (κ1) is 30.5. The topological polar surface area (TPSA) is 90.3 Å². The van der Waals surface area contributed by atoms with Crippen LogP contribution in [0.3, 0.4) is 0 Å². The Balaban J connectivity index is 1.67. The van der Waals surface area contributed by atoms with E-state index >= 15 is 0 Å². The van der Waals surface area contributed by atoms with E-state index in [4.69, 9.17) is 26.4 Å². The molecule has 1 aromatic heterocycles. The second kappa shape index (κ2) is 13.5. The zero-order valence-electron chi connectivity index (χ0n) is 24.5. The number of aromatic nitrogens is 1. The zero-order valence-corrected chi connectivity index (χ0v) is 25.3. The third-order valence-electron chi connectivity index (χ3n) is 6.91. The number of anilines is 1. The van der Waals surface area contributed by atoms with Crippen LogP contribution < -0.4 is 9.64 Å². The van der Waals surface area contributed by atoms with E-state index in [9.17, 15) is 14.4 Å². The first-order valence-corrected chi connectivity index (χ1v) is 14.2. The molecule has 42 heavy (non-hydrogen) atoms. The highest BCUT2D eigenvalue weighted by Crippen LogP contribution is 2.32. The quantitative estimate of drug-likeness (QED) is 0.124. The molecule has 1 saturated heterocycles. The largest absolute Gasteiger partial charge is 0.494 e. The minimum absolute atomic E-state index is 0.177. The van der Waals surface area contributed by atoms with Crippen molar-refractivity contribution in [3.05, 3.63) is 82.8 Å². The molecule has 10 heteroatoms. The molecule has 0 radical (unpaired) electrons. The Morgan fingerprint density at radius 3 is 2.26 bits per heavy atom. The second-order valence-electron chi connectivity index (χ2n) is 9.74. The van der Waals surface area contributed by atoms with E-state index in [1.165, 1.54) is 16.9 Å². The standard InChI is InChI=1S/C32H35N3O6S/c1-6-8-17-41-31(38)23-9-11-25(12-10-23)34-21(3)18-24(22(34)4)19-28-30(37)35(32(42)33(28)20-29(36)39-5)26-13-15-27(16-14-26)40-7-2/h9-16,18-19H,6-8,17,20H2,1-5H3/b28-19-. The lowest BCUT2D eigenvalue weighted by Gasteiger charge is -2.19. The molecule has 0 bridgehead atoms. The van der Waals surface area contributed by atoms with Gasteiger partial charge in [-0.2, -0.15) is 0 Å². The van der Waals surface area contributed by atoms with Crippen molar-refractivity contribution >= 4 is 46.9 Å². The van der Waals surface area contributed by atoms with Crippen molar-refractivity contribution in [2.45, 2.75) is 40.5 Å². The second-order valence-corrected chi connectivity index (χ2v) is 10.1. The summed E-state index contributed by atoms with van der Waals surface area (Å²) in [5, 5.41) is 0.177. The first-order chi connectivity index (χ1) is 20.2. The average molecular weight is 590 g/mol. The molecule has 4 rings (SSSR count). The third kappa shape index (κ3) is 6.38. The van der Waals surface area contributed by atoms with Gasteiger partial charge in [-0.3, -0.25) is 14.5 Å². The van der Waals surface area contributed by atoms with Crippen molar-refractivity contribution in [1.29, 1.82) is 0 Å². The lowest BCUT2D eigenvalue weighted by molar-refractivity contribution is -0.140. The van der Waals surface area contributed by atoms with E-state index in [-0.39, 0.29) is 29.2 Å². The molecule has 0 unspecified atom stereocenters. The molecule has 1 aliphatic rings. The molecule has 2 aromatic carbocycles. The SMILES string of the molecule is CCCCOC(=O)c1ccc(-n2c(C)cc(/C=C3/C(=O)N(c4ccc(OCC)cc4)C(=S)N3CC(=O)OC)c2C)cc1. The summed E-state index contributed by atoms with van der Waals surface area (Å²) in [6.07, 6.45) is 3.52. The number of aryl methyl sites for hydroxylation is 1. The Morgan fingerprint density at radius 1 is 0.976 bits per heavy atom. The molecule has 1 fully saturated rings. The summed E-state index contributed by atoms with van der Waals surface area (Å²) in [6.45, 7) is 8.55. The van der Waals surface area contributed by atoms with Crippen molar-refractivity contribution in [2.24, 2.45) is 0 Å². The summed E-state index contributed by atoms with van der Waals surface area (Å²) in [5.41, 5.74) is 4.73. The van der Waals surface area contributed by atoms with Crippen LogP contribution in [0, 0.1) is 13.8 Å². The van der Waals surface area contributed by atoms with E-state index < -0.39 is 5.97 Å². The lowest BCUT2D eigenvalue weighted by atomic mass is 10.2. The van der Waals surface area contributed by atoms with Crippen LogP contribution in [0.4, 0.5) is 5.69 Å². The summed E-state index contributed by atoms with van der Waals surface area (Å²) in [6, 6.07) is 16.2. The fraction of sp³-hybridized carbons (Fsp3) is 0.312. The van der Waals surface area contributed by atoms with Crippen molar-refractivity contribution in [1.82, 2.24) is 9.47 Å². The fourth-order valence-electron chi connectivity index (χ4n) is 4.73. The van der Waals surface area contributed by atoms with Crippen molar-refractivity contribution in [3.8, 4) is 11.4 Å². The van der Waals surface area contributed by atoms with Gasteiger partial charge < -0.3 is 23.7 Å². The van der Waals surface area contributed by atoms with Gasteiger partial charge in [0.25, 0.3) is 5.91 Å². The Bertz CT molecular complexity index is 1510. The molecule has 0 atom stereocenters. The van der Waals surface area contributed by atoms with Crippen molar-refractivity contribution in [3.63, 3.8) is 0 Å². The summed E-state index contributed by atoms with van der Waals surface area (Å²) < 4.78 is 17.8. The number of esters is 2. The predicted octanol–water partition coefficient (Wildman–Crippen LogP) is 5.60. The van der Waals surface area contributed by atoms with Crippen molar-refractivity contribution in [2.75, 3.05) is 31.8 Å². The van der Waals surface area contributed by atoms with Gasteiger partial charge in [0.1, 0.15) is 18.0 Å². The van der Waals surface area contributed by atoms with E-state index in [0.717, 1.165) is 35.5 Å². The Labute approximate surface area is 251 Å². The summed E-state index contributed by atoms with van der Waals surface area (Å²) >= 11 is 5.68. The molecular formula is C32H35N3O6S. The summed E-state index contributed by atoms with van der Waals surface area (Å²) in [7, 11) is 1.29. The average Bonchev–Trinajstić information content (AvgIpc) is 3.39. The Morgan fingerprint density at radius 2 is 1.64 bits per heavy atom. The number of rotatable bonds is 11. The smallest absolute Gasteiger partial charge is 0.338 e. The Hall–Kier alpha value is -4.44. The monoisotopic (exact) mass is 589 g/mol. The molecule has 3 aromatic rings. The van der Waals surface area contributed by atoms with Gasteiger partial charge in [-0.1, -0.05) is 13.3 Å². The van der Waals surface area contributed by atoms with Crippen molar-refractivity contribution < 1.29 is 28.6 Å². The van der Waals surface area contributed by atoms with Crippen LogP contribution in [0.5, 0.6) is 5.75 Å². The minimum Gasteiger partial charge on any atom is -0.494 e. The highest BCUT2D eigenvalue weighted by Gasteiger charge is 2.40. The number of nitrogens with zero attached hydrogens (tertiary/aromatic N) is 3. The molecule has 220 valence electrons. The Kier molecular flexibility index (Phi) is 9.80. The van der Waals surface area contributed by atoms with Crippen LogP contribution in [0.1, 0.15) is 54.0 Å². The fourth-order valence-corrected chi connectivity index (χ4v) is 5.08. The lowest BCUT2D eigenvalue weighted by Crippen LogP contribution is -2.35. The van der Waals surface area contributed by atoms with Gasteiger partial charge in [0.2, 0.25) is 0 Å². The van der Waals surface area contributed by atoms with Crippen LogP contribution >= 0.6 is 12.2 Å². The van der Waals surface area contributed by atoms with Gasteiger partial charge >= 0.3 is 11.9 Å². The number of benzene rings is 2. The molecule has 0 aliphatic carbocycles. The predicted molar refractivity (Wildman–Crippen MR) is 165 cm³/mol. The van der Waals surface area contributed by atoms with Crippen LogP contribution in [-0.4, -0.2) is 59.3 Å². The van der Waals surface area contributed by atoms with Gasteiger partial charge in [0.05, 0.1) is 31.6 Å². The number of carbonyl (C=O) groups is 3. The van der Waals surface area contributed by atoms with Gasteiger partial charge in [-0.05, 0) is 106 Å². The maximum atomic E-state index is 13.8. The molecule has 0 saturated carbocycles. The van der Waals surface area contributed by atoms with Crippen LogP contribution in [0.2, 0.25) is 0 Å². The number of carbonyl (C=O) groups excluding carboxylic acids is 3. The number of hydrogen-bond donors (Lipinski definition) is 0. The highest BCUT2D eigenvalue weighted by molar-refractivity contribution is 7.80. The molecule has 0 spiro atoms. The molecule has 1 aliphatic heterocycles. The number of unbranched alkanes of at least 4 members (excludes halogenated alkanes) is 1. The van der Waals surface area contributed by atoms with E-state index in [1.807, 2.05) is 50.5 Å². The zero-order chi connectivity index (χ0) is 30.4. The highest BCUT2D eigenvalue weighted by atomic mass is 32.1. The van der Waals surface area contributed by atoms with E-state index in [2.05, 4.69) is 0 Å². The van der Waals surface area contributed by atoms with Gasteiger partial charge in [0.15, 0.2) is 5.11 Å². The van der Waals surface area contributed by atoms with Crippen LogP contribution in [-0.2, 0) is 19.1 Å². The first-order valence-electron chi connectivity index (χ1n) is 13.8. The van der Waals surface area contributed by atoms with E-state index in [1.54, 1.807) is 42.5 Å². The number of ether oxygens (including phenoxy) is 3. The van der Waals surface area contributed by atoms with Gasteiger partial charge in [-0.25, -0.2) is 4.79 Å². The number of hydrogen-bond acceptors (Lipinski definition) is 7. The van der Waals surface area contributed by atoms with Crippen LogP contribution in [0.25, 0.3) is 11.8 Å². The maximum absolute atomic E-state index is 13.8. The summed E-state index contributed by atoms with van der Waals surface area (Å²) in [5.74, 6) is -0.554. The minimum atomic E-state index is -0.525. The van der Waals surface area contributed by atoms with Gasteiger partial charge in [0, 0.05) is 17.1 Å². The summed E-state index contributed by atoms with van der Waals surface area (Å²) in [4.78, 5) is 41.3. The molecule has 2 heterocycles. The third-order valence-corrected chi connectivity index (χ3v) is 7.31. The number of methoxy groups -OCH3 is 1. The number of amides is 1. The molecular weight excluding hydrogens is 554 g/mol. The van der Waals surface area contributed by atoms with Gasteiger partial charge in [-0.15, -0.1) is 0 Å². The van der Waals surface area contributed by atoms with E-state index in [0.29, 0.717) is 30.2 Å². The van der Waals surface area contributed by atoms with Crippen LogP contribution in [0.15, 0.2) is 60.3 Å². The number of thiocarbonyl (C=S) groups is 1.